The maximum atomic E-state index is 11.9. The largest absolute Gasteiger partial charge is 0.383 e. The third-order valence-electron chi connectivity index (χ3n) is 3.29. The Morgan fingerprint density at radius 3 is 2.62 bits per heavy atom. The van der Waals surface area contributed by atoms with Crippen molar-refractivity contribution in [3.05, 3.63) is 58.3 Å². The summed E-state index contributed by atoms with van der Waals surface area (Å²) >= 11 is 1.47. The van der Waals surface area contributed by atoms with Crippen LogP contribution >= 0.6 is 11.3 Å². The predicted molar refractivity (Wildman–Crippen MR) is 85.3 cm³/mol. The van der Waals surface area contributed by atoms with Crippen LogP contribution in [0.15, 0.2) is 47.8 Å². The molecule has 0 aliphatic carbocycles. The van der Waals surface area contributed by atoms with Gasteiger partial charge in [-0.1, -0.05) is 36.4 Å². The van der Waals surface area contributed by atoms with Gasteiger partial charge in [-0.2, -0.15) is 0 Å². The van der Waals surface area contributed by atoms with Crippen LogP contribution < -0.4 is 10.6 Å². The van der Waals surface area contributed by atoms with E-state index in [0.717, 1.165) is 10.4 Å². The van der Waals surface area contributed by atoms with E-state index >= 15 is 0 Å². The van der Waals surface area contributed by atoms with Gasteiger partial charge < -0.3 is 15.7 Å². The van der Waals surface area contributed by atoms with Gasteiger partial charge in [0.15, 0.2) is 0 Å². The van der Waals surface area contributed by atoms with Crippen LogP contribution in [0.3, 0.4) is 0 Å². The Labute approximate surface area is 128 Å². The smallest absolute Gasteiger partial charge is 0.315 e. The molecule has 2 atom stereocenters. The predicted octanol–water partition coefficient (Wildman–Crippen LogP) is 3.02. The van der Waals surface area contributed by atoms with Crippen molar-refractivity contribution in [1.29, 1.82) is 0 Å². The highest BCUT2D eigenvalue weighted by atomic mass is 32.1. The Hall–Kier alpha value is -1.85. The van der Waals surface area contributed by atoms with Crippen molar-refractivity contribution >= 4 is 17.4 Å². The average molecular weight is 304 g/mol. The van der Waals surface area contributed by atoms with E-state index < -0.39 is 5.60 Å². The molecule has 0 aliphatic heterocycles. The number of carbonyl (C=O) groups excluding carboxylic acids is 1. The number of nitrogens with one attached hydrogen (secondary N) is 2. The van der Waals surface area contributed by atoms with Crippen LogP contribution in [0, 0.1) is 0 Å². The molecule has 1 aromatic carbocycles. The van der Waals surface area contributed by atoms with E-state index in [1.54, 1.807) is 6.92 Å². The molecule has 2 amide bonds. The minimum Gasteiger partial charge on any atom is -0.383 e. The molecule has 2 unspecified atom stereocenters. The fourth-order valence-corrected chi connectivity index (χ4v) is 2.78. The van der Waals surface area contributed by atoms with Gasteiger partial charge >= 0.3 is 6.03 Å². The van der Waals surface area contributed by atoms with Gasteiger partial charge in [-0.15, -0.1) is 11.3 Å². The highest BCUT2D eigenvalue weighted by Crippen LogP contribution is 2.24. The van der Waals surface area contributed by atoms with Crippen LogP contribution in [0.1, 0.15) is 30.3 Å². The number of urea groups is 1. The molecule has 4 nitrogen and oxygen atoms in total. The Balaban J connectivity index is 1.85. The number of benzene rings is 1. The zero-order chi connectivity index (χ0) is 15.3. The number of amides is 2. The summed E-state index contributed by atoms with van der Waals surface area (Å²) in [5.41, 5.74) is -0.0146. The summed E-state index contributed by atoms with van der Waals surface area (Å²) in [7, 11) is 0. The molecule has 0 bridgehead atoms. The molecule has 2 rings (SSSR count). The van der Waals surface area contributed by atoms with E-state index in [2.05, 4.69) is 10.6 Å². The Morgan fingerprint density at radius 1 is 1.29 bits per heavy atom. The van der Waals surface area contributed by atoms with Gasteiger partial charge in [0.25, 0.3) is 0 Å². The molecule has 112 valence electrons. The van der Waals surface area contributed by atoms with Crippen LogP contribution in [0.5, 0.6) is 0 Å². The fraction of sp³-hybridized carbons (Fsp3) is 0.312. The van der Waals surface area contributed by atoms with Crippen LogP contribution in [0.4, 0.5) is 4.79 Å². The monoisotopic (exact) mass is 304 g/mol. The summed E-state index contributed by atoms with van der Waals surface area (Å²) in [6.45, 7) is 3.78. The third kappa shape index (κ3) is 4.31. The standard InChI is InChI=1S/C16H20N2O2S/c1-12(13-7-4-3-5-8-13)18-15(19)17-11-16(2,20)14-9-6-10-21-14/h3-10,12,20H,11H2,1-2H3,(H2,17,18,19). The molecule has 0 fully saturated rings. The first kappa shape index (κ1) is 15.5. The molecule has 5 heteroatoms. The van der Waals surface area contributed by atoms with Gasteiger partial charge in [0.1, 0.15) is 5.60 Å². The normalized spacial score (nSPS) is 15.0. The number of aliphatic hydroxyl groups is 1. The van der Waals surface area contributed by atoms with Crippen molar-refractivity contribution in [1.82, 2.24) is 10.6 Å². The van der Waals surface area contributed by atoms with Crippen molar-refractivity contribution in [3.63, 3.8) is 0 Å². The Bertz CT molecular complexity index is 567. The molecule has 3 N–H and O–H groups in total. The topological polar surface area (TPSA) is 61.4 Å². The van der Waals surface area contributed by atoms with E-state index in [9.17, 15) is 9.90 Å². The van der Waals surface area contributed by atoms with Crippen molar-refractivity contribution in [2.24, 2.45) is 0 Å². The summed E-state index contributed by atoms with van der Waals surface area (Å²) in [6, 6.07) is 13.1. The summed E-state index contributed by atoms with van der Waals surface area (Å²) in [6.07, 6.45) is 0. The summed E-state index contributed by atoms with van der Waals surface area (Å²) in [5, 5.41) is 17.8. The molecule has 0 radical (unpaired) electrons. The third-order valence-corrected chi connectivity index (χ3v) is 4.42. The highest BCUT2D eigenvalue weighted by molar-refractivity contribution is 7.10. The van der Waals surface area contributed by atoms with E-state index in [-0.39, 0.29) is 18.6 Å². The van der Waals surface area contributed by atoms with Gasteiger partial charge in [-0.3, -0.25) is 0 Å². The van der Waals surface area contributed by atoms with Crippen molar-refractivity contribution < 1.29 is 9.90 Å². The van der Waals surface area contributed by atoms with Crippen LogP contribution in [-0.4, -0.2) is 17.7 Å². The second-order valence-corrected chi connectivity index (χ2v) is 6.16. The summed E-state index contributed by atoms with van der Waals surface area (Å²) in [5.74, 6) is 0. The lowest BCUT2D eigenvalue weighted by molar-refractivity contribution is 0.0630. The Kier molecular flexibility index (Phi) is 4.98. The van der Waals surface area contributed by atoms with Crippen molar-refractivity contribution in [2.45, 2.75) is 25.5 Å². The first-order valence-electron chi connectivity index (χ1n) is 6.85. The molecular formula is C16H20N2O2S. The van der Waals surface area contributed by atoms with Crippen molar-refractivity contribution in [3.8, 4) is 0 Å². The lowest BCUT2D eigenvalue weighted by atomic mass is 10.1. The minimum absolute atomic E-state index is 0.0853. The number of hydrogen-bond donors (Lipinski definition) is 3. The first-order valence-corrected chi connectivity index (χ1v) is 7.73. The highest BCUT2D eigenvalue weighted by Gasteiger charge is 2.25. The second kappa shape index (κ2) is 6.74. The van der Waals surface area contributed by atoms with E-state index in [0.29, 0.717) is 0 Å². The second-order valence-electron chi connectivity index (χ2n) is 5.21. The Morgan fingerprint density at radius 2 is 2.00 bits per heavy atom. The lowest BCUT2D eigenvalue weighted by Crippen LogP contribution is -2.43. The fourth-order valence-electron chi connectivity index (χ4n) is 2.00. The number of thiophene rings is 1. The number of carbonyl (C=O) groups is 1. The summed E-state index contributed by atoms with van der Waals surface area (Å²) < 4.78 is 0. The molecule has 2 aromatic rings. The molecule has 0 aliphatic rings. The zero-order valence-corrected chi connectivity index (χ0v) is 13.0. The van der Waals surface area contributed by atoms with E-state index in [4.69, 9.17) is 0 Å². The minimum atomic E-state index is -1.05. The zero-order valence-electron chi connectivity index (χ0n) is 12.2. The first-order chi connectivity index (χ1) is 9.99. The summed E-state index contributed by atoms with van der Waals surface area (Å²) in [4.78, 5) is 12.7. The van der Waals surface area contributed by atoms with Crippen LogP contribution in [-0.2, 0) is 5.60 Å². The van der Waals surface area contributed by atoms with E-state index in [1.807, 2.05) is 54.8 Å². The van der Waals surface area contributed by atoms with Crippen LogP contribution in [0.25, 0.3) is 0 Å². The number of rotatable bonds is 5. The molecular weight excluding hydrogens is 284 g/mol. The molecule has 1 heterocycles. The maximum absolute atomic E-state index is 11.9. The van der Waals surface area contributed by atoms with Gasteiger partial charge in [0.05, 0.1) is 12.6 Å². The molecule has 0 saturated heterocycles. The van der Waals surface area contributed by atoms with Gasteiger partial charge in [-0.05, 0) is 30.9 Å². The van der Waals surface area contributed by atoms with E-state index in [1.165, 1.54) is 11.3 Å². The molecule has 0 spiro atoms. The van der Waals surface area contributed by atoms with Crippen LogP contribution in [0.2, 0.25) is 0 Å². The SMILES string of the molecule is CC(NC(=O)NCC(C)(O)c1cccs1)c1ccccc1. The van der Waals surface area contributed by atoms with Crippen molar-refractivity contribution in [2.75, 3.05) is 6.54 Å². The maximum Gasteiger partial charge on any atom is 0.315 e. The van der Waals surface area contributed by atoms with Gasteiger partial charge in [-0.25, -0.2) is 4.79 Å². The lowest BCUT2D eigenvalue weighted by Gasteiger charge is -2.23. The molecule has 21 heavy (non-hydrogen) atoms. The molecule has 1 aromatic heterocycles. The average Bonchev–Trinajstić information content (AvgIpc) is 3.01. The molecule has 0 saturated carbocycles. The number of hydrogen-bond acceptors (Lipinski definition) is 3. The quantitative estimate of drug-likeness (QED) is 0.795. The van der Waals surface area contributed by atoms with Gasteiger partial charge in [0.2, 0.25) is 0 Å². The van der Waals surface area contributed by atoms with Gasteiger partial charge in [0, 0.05) is 4.88 Å².